The van der Waals surface area contributed by atoms with Crippen molar-refractivity contribution in [3.05, 3.63) is 132 Å². The molecule has 218 valence electrons. The number of aromatic nitrogens is 4. The molecule has 0 N–H and O–H groups in total. The molecule has 45 heavy (non-hydrogen) atoms. The van der Waals surface area contributed by atoms with Crippen LogP contribution in [0.1, 0.15) is 5.69 Å². The van der Waals surface area contributed by atoms with Crippen molar-refractivity contribution in [2.45, 2.75) is 0 Å². The minimum Gasteiger partial charge on any atom is -0.522 e. The Morgan fingerprint density at radius 2 is 1.73 bits per heavy atom. The third kappa shape index (κ3) is 5.20. The molecule has 0 bridgehead atoms. The number of para-hydroxylation sites is 1. The largest absolute Gasteiger partial charge is 2.00 e. The Hall–Kier alpha value is -5.76. The van der Waals surface area contributed by atoms with Gasteiger partial charge in [-0.15, -0.1) is 17.5 Å². The fraction of sp³-hybridized carbons (Fsp3) is 0.0286. The average Bonchev–Trinajstić information content (AvgIpc) is 3.60. The van der Waals surface area contributed by atoms with E-state index in [9.17, 15) is 9.65 Å². The van der Waals surface area contributed by atoms with Crippen LogP contribution in [0.15, 0.2) is 97.2 Å². The van der Waals surface area contributed by atoms with Crippen molar-refractivity contribution >= 4 is 27.6 Å². The summed E-state index contributed by atoms with van der Waals surface area (Å²) in [6.07, 6.45) is 1.42. The van der Waals surface area contributed by atoms with Crippen molar-refractivity contribution in [1.82, 2.24) is 19.3 Å². The summed E-state index contributed by atoms with van der Waals surface area (Å²) in [5, 5.41) is 16.1. The van der Waals surface area contributed by atoms with Crippen molar-refractivity contribution in [3.63, 3.8) is 0 Å². The Bertz CT molecular complexity index is 2300. The van der Waals surface area contributed by atoms with Crippen molar-refractivity contribution in [2.75, 3.05) is 7.11 Å². The maximum Gasteiger partial charge on any atom is 2.00 e. The number of fused-ring (bicyclic) bond motifs is 3. The van der Waals surface area contributed by atoms with Crippen LogP contribution in [0.3, 0.4) is 0 Å². The van der Waals surface area contributed by atoms with E-state index in [-0.39, 0.29) is 38.3 Å². The Morgan fingerprint density at radius 1 is 0.933 bits per heavy atom. The second kappa shape index (κ2) is 12.1. The summed E-state index contributed by atoms with van der Waals surface area (Å²) in [6, 6.07) is 35.2. The Balaban J connectivity index is 0.00000357. The summed E-state index contributed by atoms with van der Waals surface area (Å²) < 4.78 is 29.2. The van der Waals surface area contributed by atoms with Gasteiger partial charge in [-0.25, -0.2) is 9.37 Å². The SMILES string of the molecule is [C-]#[N+]c1c(-c2ccccc2)c(C#N)nn1-c1[c-]c(Oc2[c-]c3c(cc2)c2ccccc2n3-c2cc(F)ccn2)cc(OC)c1.[Pt+2]. The van der Waals surface area contributed by atoms with Crippen LogP contribution in [0, 0.1) is 35.9 Å². The molecular formula is C35H19FN6O2Pt. The Labute approximate surface area is 271 Å². The van der Waals surface area contributed by atoms with Crippen molar-refractivity contribution < 1.29 is 34.9 Å². The fourth-order valence-corrected chi connectivity index (χ4v) is 5.23. The number of benzene rings is 4. The maximum absolute atomic E-state index is 14.2. The molecule has 0 aliphatic carbocycles. The molecule has 0 radical (unpaired) electrons. The van der Waals surface area contributed by atoms with Gasteiger partial charge in [0.1, 0.15) is 17.7 Å². The summed E-state index contributed by atoms with van der Waals surface area (Å²) in [5.74, 6) is 1.23. The first kappa shape index (κ1) is 29.3. The number of ether oxygens (including phenoxy) is 2. The summed E-state index contributed by atoms with van der Waals surface area (Å²) in [7, 11) is 1.51. The molecule has 0 unspecified atom stereocenters. The molecule has 7 aromatic rings. The zero-order valence-electron chi connectivity index (χ0n) is 23.4. The number of hydrogen-bond acceptors (Lipinski definition) is 5. The molecule has 0 spiro atoms. The van der Waals surface area contributed by atoms with Gasteiger partial charge >= 0.3 is 21.1 Å². The number of pyridine rings is 1. The summed E-state index contributed by atoms with van der Waals surface area (Å²) in [4.78, 5) is 8.12. The van der Waals surface area contributed by atoms with Crippen LogP contribution in [-0.4, -0.2) is 26.4 Å². The molecule has 8 nitrogen and oxygen atoms in total. The van der Waals surface area contributed by atoms with E-state index in [2.05, 4.69) is 33.1 Å². The molecular weight excluding hydrogens is 751 g/mol. The molecule has 10 heteroatoms. The molecule has 0 fully saturated rings. The van der Waals surface area contributed by atoms with Crippen LogP contribution in [0.4, 0.5) is 10.2 Å². The fourth-order valence-electron chi connectivity index (χ4n) is 5.23. The van der Waals surface area contributed by atoms with Crippen molar-refractivity contribution in [1.29, 1.82) is 5.26 Å². The van der Waals surface area contributed by atoms with Gasteiger partial charge in [0.2, 0.25) is 0 Å². The number of halogens is 1. The molecule has 0 saturated heterocycles. The molecule has 0 atom stereocenters. The van der Waals surface area contributed by atoms with Gasteiger partial charge < -0.3 is 18.9 Å². The molecule has 3 heterocycles. The smallest absolute Gasteiger partial charge is 0.522 e. The minimum absolute atomic E-state index is 0. The molecule has 3 aromatic heterocycles. The van der Waals surface area contributed by atoms with Gasteiger partial charge in [-0.3, -0.25) is 0 Å². The summed E-state index contributed by atoms with van der Waals surface area (Å²) in [5.41, 5.74) is 3.09. The topological polar surface area (TPSA) is 82.3 Å². The third-order valence-corrected chi connectivity index (χ3v) is 7.12. The van der Waals surface area contributed by atoms with E-state index in [0.29, 0.717) is 39.6 Å². The number of nitriles is 1. The van der Waals surface area contributed by atoms with Gasteiger partial charge in [0.15, 0.2) is 5.69 Å². The third-order valence-electron chi connectivity index (χ3n) is 7.12. The molecule has 7 rings (SSSR count). The number of nitrogens with zero attached hydrogens (tertiary/aromatic N) is 6. The van der Waals surface area contributed by atoms with Crippen LogP contribution in [0.25, 0.3) is 49.3 Å². The molecule has 0 aliphatic heterocycles. The molecule has 4 aromatic carbocycles. The molecule has 0 saturated carbocycles. The zero-order chi connectivity index (χ0) is 30.2. The monoisotopic (exact) mass is 769 g/mol. The van der Waals surface area contributed by atoms with Crippen LogP contribution < -0.4 is 9.47 Å². The average molecular weight is 770 g/mol. The first-order chi connectivity index (χ1) is 21.6. The van der Waals surface area contributed by atoms with Gasteiger partial charge in [0.25, 0.3) is 5.82 Å². The van der Waals surface area contributed by atoms with E-state index in [1.807, 2.05) is 65.2 Å². The Morgan fingerprint density at radius 3 is 2.49 bits per heavy atom. The van der Waals surface area contributed by atoms with Gasteiger partial charge in [0, 0.05) is 46.3 Å². The number of methoxy groups -OCH3 is 1. The predicted octanol–water partition coefficient (Wildman–Crippen LogP) is 7.99. The van der Waals surface area contributed by atoms with Crippen LogP contribution in [-0.2, 0) is 21.1 Å². The first-order valence-corrected chi connectivity index (χ1v) is 13.4. The van der Waals surface area contributed by atoms with Gasteiger partial charge in [-0.1, -0.05) is 83.9 Å². The first-order valence-electron chi connectivity index (χ1n) is 13.4. The van der Waals surface area contributed by atoms with E-state index in [0.717, 1.165) is 16.3 Å². The van der Waals surface area contributed by atoms with E-state index in [4.69, 9.17) is 16.0 Å². The van der Waals surface area contributed by atoms with E-state index in [1.165, 1.54) is 30.1 Å². The van der Waals surface area contributed by atoms with Gasteiger partial charge in [0.05, 0.1) is 7.11 Å². The maximum atomic E-state index is 14.2. The van der Waals surface area contributed by atoms with E-state index >= 15 is 0 Å². The zero-order valence-corrected chi connectivity index (χ0v) is 25.7. The normalized spacial score (nSPS) is 10.7. The molecule has 0 amide bonds. The second-order valence-corrected chi connectivity index (χ2v) is 9.69. The molecule has 0 aliphatic rings. The Kier molecular flexibility index (Phi) is 7.87. The van der Waals surface area contributed by atoms with Crippen molar-refractivity contribution in [2.24, 2.45) is 0 Å². The van der Waals surface area contributed by atoms with Crippen LogP contribution >= 0.6 is 0 Å². The standard InChI is InChI=1S/C35H19FN6O2.Pt/c1-38-35-34(22-8-4-3-5-9-22)30(21-37)40-42(35)24-17-26(43-2)19-27(18-24)44-25-12-13-29-28-10-6-7-11-31(28)41(32(29)20-25)33-16-23(36)14-15-39-33;/h3-17,19H,2H3;/q-2;+2. The van der Waals surface area contributed by atoms with Gasteiger partial charge in [-0.05, 0) is 23.1 Å². The van der Waals surface area contributed by atoms with Crippen LogP contribution in [0.5, 0.6) is 17.2 Å². The van der Waals surface area contributed by atoms with Crippen molar-refractivity contribution in [3.8, 4) is 45.9 Å². The quantitative estimate of drug-likeness (QED) is 0.160. The van der Waals surface area contributed by atoms with E-state index < -0.39 is 5.82 Å². The summed E-state index contributed by atoms with van der Waals surface area (Å²) >= 11 is 0. The van der Waals surface area contributed by atoms with Gasteiger partial charge in [-0.2, -0.15) is 16.0 Å². The number of hydrogen-bond donors (Lipinski definition) is 0. The second-order valence-electron chi connectivity index (χ2n) is 9.69. The predicted molar refractivity (Wildman–Crippen MR) is 163 cm³/mol. The summed E-state index contributed by atoms with van der Waals surface area (Å²) in [6.45, 7) is 7.91. The minimum atomic E-state index is -0.403. The van der Waals surface area contributed by atoms with Crippen LogP contribution in [0.2, 0.25) is 0 Å². The number of rotatable bonds is 6. The van der Waals surface area contributed by atoms with E-state index in [1.54, 1.807) is 18.2 Å².